The molecule has 1 aromatic rings. The maximum atomic E-state index is 12.1. The fourth-order valence-corrected chi connectivity index (χ4v) is 3.29. The van der Waals surface area contributed by atoms with E-state index in [9.17, 15) is 4.79 Å². The smallest absolute Gasteiger partial charge is 0.244 e. The summed E-state index contributed by atoms with van der Waals surface area (Å²) in [4.78, 5) is 14.5. The molecule has 0 aromatic heterocycles. The van der Waals surface area contributed by atoms with Gasteiger partial charge in [0, 0.05) is 31.4 Å². The number of amides is 1. The van der Waals surface area contributed by atoms with Gasteiger partial charge in [0.25, 0.3) is 0 Å². The lowest BCUT2D eigenvalue weighted by Crippen LogP contribution is -2.57. The molecule has 1 amide bonds. The highest BCUT2D eigenvalue weighted by molar-refractivity contribution is 5.92. The predicted octanol–water partition coefficient (Wildman–Crippen LogP) is 1.95. The number of piperidine rings is 3. The van der Waals surface area contributed by atoms with Crippen molar-refractivity contribution in [3.05, 3.63) is 35.9 Å². The van der Waals surface area contributed by atoms with E-state index >= 15 is 0 Å². The number of nitrogens with zero attached hydrogens (tertiary/aromatic N) is 1. The topological polar surface area (TPSA) is 44.4 Å². The lowest BCUT2D eigenvalue weighted by Gasteiger charge is -2.44. The highest BCUT2D eigenvalue weighted by atomic mass is 16.1. The molecule has 0 radical (unpaired) electrons. The first-order valence-corrected chi connectivity index (χ1v) is 7.73. The van der Waals surface area contributed by atoms with E-state index in [0.717, 1.165) is 17.8 Å². The first-order chi connectivity index (χ1) is 10.2. The molecule has 4 heteroatoms. The number of fused-ring (bicyclic) bond motifs is 3. The number of anilines is 1. The van der Waals surface area contributed by atoms with Crippen LogP contribution in [-0.2, 0) is 4.79 Å². The number of hydrogen-bond donors (Lipinski definition) is 2. The van der Waals surface area contributed by atoms with E-state index in [0.29, 0.717) is 12.0 Å². The Hall–Kier alpha value is -1.81. The van der Waals surface area contributed by atoms with Crippen molar-refractivity contribution >= 4 is 17.7 Å². The number of rotatable bonds is 4. The van der Waals surface area contributed by atoms with Gasteiger partial charge in [0.2, 0.25) is 5.91 Å². The van der Waals surface area contributed by atoms with Crippen molar-refractivity contribution in [2.45, 2.75) is 18.9 Å². The second-order valence-corrected chi connectivity index (χ2v) is 5.96. The van der Waals surface area contributed by atoms with Crippen molar-refractivity contribution in [2.24, 2.45) is 5.92 Å². The largest absolute Gasteiger partial charge is 0.388 e. The highest BCUT2D eigenvalue weighted by Crippen LogP contribution is 2.27. The number of nitrogens with one attached hydrogen (secondary N) is 2. The first kappa shape index (κ1) is 14.1. The Balaban J connectivity index is 1.54. The normalized spacial score (nSPS) is 27.8. The second kappa shape index (κ2) is 6.31. The standard InChI is InChI=1S/C17H23N3O/c1-18-15-5-2-13(3-6-15)4-7-17(21)19-16-12-20-10-8-14(16)9-11-20/h2-7,14,16,18H,8-12H2,1H3,(H,19,21)/b7-4+/t16-/m0/s1. The Kier molecular flexibility index (Phi) is 4.25. The van der Waals surface area contributed by atoms with Gasteiger partial charge in [-0.25, -0.2) is 0 Å². The number of carbonyl (C=O) groups is 1. The number of hydrogen-bond acceptors (Lipinski definition) is 3. The summed E-state index contributed by atoms with van der Waals surface area (Å²) in [6.45, 7) is 3.41. The zero-order valence-corrected chi connectivity index (χ0v) is 12.5. The number of carbonyl (C=O) groups excluding carboxylic acids is 1. The molecule has 112 valence electrons. The first-order valence-electron chi connectivity index (χ1n) is 7.73. The molecule has 4 nitrogen and oxygen atoms in total. The van der Waals surface area contributed by atoms with Gasteiger partial charge in [-0.3, -0.25) is 4.79 Å². The zero-order valence-electron chi connectivity index (χ0n) is 12.5. The lowest BCUT2D eigenvalue weighted by molar-refractivity contribution is -0.118. The summed E-state index contributed by atoms with van der Waals surface area (Å²) in [5.74, 6) is 0.689. The van der Waals surface area contributed by atoms with E-state index in [1.807, 2.05) is 37.4 Å². The van der Waals surface area contributed by atoms with Crippen molar-refractivity contribution in [1.82, 2.24) is 10.2 Å². The Morgan fingerprint density at radius 1 is 1.24 bits per heavy atom. The SMILES string of the molecule is CNc1ccc(/C=C/C(=O)N[C@H]2CN3CCC2CC3)cc1. The predicted molar refractivity (Wildman–Crippen MR) is 86.1 cm³/mol. The van der Waals surface area contributed by atoms with Gasteiger partial charge in [-0.15, -0.1) is 0 Å². The fraction of sp³-hybridized carbons (Fsp3) is 0.471. The molecule has 3 aliphatic rings. The minimum atomic E-state index is 0.0199. The third-order valence-electron chi connectivity index (χ3n) is 4.61. The van der Waals surface area contributed by atoms with E-state index in [-0.39, 0.29) is 5.91 Å². The van der Waals surface area contributed by atoms with Gasteiger partial charge in [-0.2, -0.15) is 0 Å². The van der Waals surface area contributed by atoms with Crippen LogP contribution in [0.4, 0.5) is 5.69 Å². The Labute approximate surface area is 126 Å². The Bertz CT molecular complexity index is 515. The van der Waals surface area contributed by atoms with Crippen LogP contribution < -0.4 is 10.6 Å². The quantitative estimate of drug-likeness (QED) is 0.831. The summed E-state index contributed by atoms with van der Waals surface area (Å²) in [6.07, 6.45) is 5.96. The van der Waals surface area contributed by atoms with Gasteiger partial charge >= 0.3 is 0 Å². The monoisotopic (exact) mass is 285 g/mol. The summed E-state index contributed by atoms with van der Waals surface area (Å²) in [6, 6.07) is 8.35. The summed E-state index contributed by atoms with van der Waals surface area (Å²) >= 11 is 0. The van der Waals surface area contributed by atoms with Gasteiger partial charge in [-0.1, -0.05) is 12.1 Å². The van der Waals surface area contributed by atoms with Gasteiger partial charge in [-0.05, 0) is 55.6 Å². The Morgan fingerprint density at radius 3 is 2.52 bits per heavy atom. The highest BCUT2D eigenvalue weighted by Gasteiger charge is 2.34. The molecular formula is C17H23N3O. The molecule has 0 unspecified atom stereocenters. The summed E-state index contributed by atoms with van der Waals surface area (Å²) in [5, 5.41) is 6.24. The van der Waals surface area contributed by atoms with Crippen molar-refractivity contribution in [2.75, 3.05) is 32.0 Å². The molecule has 2 N–H and O–H groups in total. The maximum absolute atomic E-state index is 12.1. The molecule has 3 fully saturated rings. The molecule has 21 heavy (non-hydrogen) atoms. The molecule has 3 saturated heterocycles. The minimum Gasteiger partial charge on any atom is -0.388 e. The van der Waals surface area contributed by atoms with Crippen LogP contribution in [-0.4, -0.2) is 43.5 Å². The average Bonchev–Trinajstić information content (AvgIpc) is 2.54. The van der Waals surface area contributed by atoms with Crippen molar-refractivity contribution in [3.63, 3.8) is 0 Å². The van der Waals surface area contributed by atoms with E-state index in [2.05, 4.69) is 15.5 Å². The summed E-state index contributed by atoms with van der Waals surface area (Å²) in [5.41, 5.74) is 2.11. The van der Waals surface area contributed by atoms with E-state index in [4.69, 9.17) is 0 Å². The molecule has 0 aliphatic carbocycles. The summed E-state index contributed by atoms with van der Waals surface area (Å²) < 4.78 is 0. The van der Waals surface area contributed by atoms with Crippen LogP contribution in [0, 0.1) is 5.92 Å². The molecule has 3 aliphatic heterocycles. The minimum absolute atomic E-state index is 0.0199. The second-order valence-electron chi connectivity index (χ2n) is 5.96. The van der Waals surface area contributed by atoms with E-state index < -0.39 is 0 Å². The summed E-state index contributed by atoms with van der Waals surface area (Å²) in [7, 11) is 1.90. The number of benzene rings is 1. The van der Waals surface area contributed by atoms with Crippen molar-refractivity contribution in [1.29, 1.82) is 0 Å². The molecule has 1 aromatic carbocycles. The molecular weight excluding hydrogens is 262 g/mol. The van der Waals surface area contributed by atoms with Crippen molar-refractivity contribution in [3.8, 4) is 0 Å². The fourth-order valence-electron chi connectivity index (χ4n) is 3.29. The molecule has 2 bridgehead atoms. The van der Waals surface area contributed by atoms with Gasteiger partial charge in [0.05, 0.1) is 0 Å². The molecule has 0 spiro atoms. The lowest BCUT2D eigenvalue weighted by atomic mass is 9.84. The third-order valence-corrected chi connectivity index (χ3v) is 4.61. The van der Waals surface area contributed by atoms with Crippen LogP contribution >= 0.6 is 0 Å². The molecule has 4 rings (SSSR count). The molecule has 3 heterocycles. The van der Waals surface area contributed by atoms with Gasteiger partial charge in [0.15, 0.2) is 0 Å². The van der Waals surface area contributed by atoms with Crippen LogP contribution in [0.1, 0.15) is 18.4 Å². The van der Waals surface area contributed by atoms with Crippen LogP contribution in [0.5, 0.6) is 0 Å². The van der Waals surface area contributed by atoms with Gasteiger partial charge < -0.3 is 15.5 Å². The Morgan fingerprint density at radius 2 is 1.95 bits per heavy atom. The van der Waals surface area contributed by atoms with Crippen LogP contribution in [0.15, 0.2) is 30.3 Å². The van der Waals surface area contributed by atoms with Crippen molar-refractivity contribution < 1.29 is 4.79 Å². The van der Waals surface area contributed by atoms with Crippen LogP contribution in [0.25, 0.3) is 6.08 Å². The maximum Gasteiger partial charge on any atom is 0.244 e. The van der Waals surface area contributed by atoms with E-state index in [1.165, 1.54) is 25.9 Å². The van der Waals surface area contributed by atoms with Crippen LogP contribution in [0.2, 0.25) is 0 Å². The van der Waals surface area contributed by atoms with Crippen LogP contribution in [0.3, 0.4) is 0 Å². The van der Waals surface area contributed by atoms with Gasteiger partial charge in [0.1, 0.15) is 0 Å². The third kappa shape index (κ3) is 3.45. The average molecular weight is 285 g/mol. The molecule has 1 atom stereocenters. The van der Waals surface area contributed by atoms with E-state index in [1.54, 1.807) is 6.08 Å². The zero-order chi connectivity index (χ0) is 14.7. The molecule has 0 saturated carbocycles.